The number of rotatable bonds is 3. The summed E-state index contributed by atoms with van der Waals surface area (Å²) in [6, 6.07) is 10.3. The molecule has 2 aliphatic heterocycles. The highest BCUT2D eigenvalue weighted by molar-refractivity contribution is 7.19. The highest BCUT2D eigenvalue weighted by Crippen LogP contribution is 2.45. The van der Waals surface area contributed by atoms with Crippen LogP contribution in [-0.2, 0) is 11.3 Å². The number of carbonyl (C=O) groups excluding carboxylic acids is 1. The fourth-order valence-electron chi connectivity index (χ4n) is 4.65. The number of hydrogen-bond donors (Lipinski definition) is 1. The van der Waals surface area contributed by atoms with Crippen molar-refractivity contribution in [2.45, 2.75) is 45.4 Å². The molecule has 0 radical (unpaired) electrons. The number of aliphatic hydroxyl groups excluding tert-OH is 1. The molecule has 0 spiro atoms. The van der Waals surface area contributed by atoms with Crippen LogP contribution in [0.25, 0.3) is 21.3 Å². The van der Waals surface area contributed by atoms with E-state index in [0.717, 1.165) is 50.6 Å². The lowest BCUT2D eigenvalue weighted by Gasteiger charge is -2.37. The Labute approximate surface area is 197 Å². The first-order valence-corrected chi connectivity index (χ1v) is 12.1. The Balaban J connectivity index is 1.50. The van der Waals surface area contributed by atoms with Gasteiger partial charge in [-0.1, -0.05) is 12.1 Å². The van der Waals surface area contributed by atoms with Crippen molar-refractivity contribution in [3.63, 3.8) is 0 Å². The number of aromatic nitrogens is 1. The van der Waals surface area contributed by atoms with Gasteiger partial charge in [-0.2, -0.15) is 0 Å². The first kappa shape index (κ1) is 22.0. The molecule has 33 heavy (non-hydrogen) atoms. The maximum atomic E-state index is 12.6. The summed E-state index contributed by atoms with van der Waals surface area (Å²) in [4.78, 5) is 22.2. The number of pyridine rings is 1. The first-order valence-electron chi connectivity index (χ1n) is 11.3. The van der Waals surface area contributed by atoms with Gasteiger partial charge in [0.05, 0.1) is 29.1 Å². The number of hydrogen-bond acceptors (Lipinski definition) is 7. The SMILES string of the molecule is CC(C)(C)OC(=O)N1CCC(N2CCOc3cccc(-c4ccnc5cc(CO)sc45)c32)C1. The van der Waals surface area contributed by atoms with Gasteiger partial charge in [-0.15, -0.1) is 11.3 Å². The van der Waals surface area contributed by atoms with E-state index in [2.05, 4.69) is 16.0 Å². The maximum absolute atomic E-state index is 12.6. The zero-order valence-electron chi connectivity index (χ0n) is 19.2. The molecule has 8 heteroatoms. The van der Waals surface area contributed by atoms with Crippen LogP contribution in [-0.4, -0.2) is 59.0 Å². The molecule has 1 aromatic carbocycles. The molecule has 174 valence electrons. The summed E-state index contributed by atoms with van der Waals surface area (Å²) in [7, 11) is 0. The van der Waals surface area contributed by atoms with Crippen molar-refractivity contribution < 1.29 is 19.4 Å². The number of fused-ring (bicyclic) bond motifs is 2. The van der Waals surface area contributed by atoms with Crippen LogP contribution in [0.5, 0.6) is 5.75 Å². The van der Waals surface area contributed by atoms with Crippen LogP contribution >= 0.6 is 11.3 Å². The average molecular weight is 468 g/mol. The number of aliphatic hydroxyl groups is 1. The fraction of sp³-hybridized carbons (Fsp3) is 0.440. The summed E-state index contributed by atoms with van der Waals surface area (Å²) < 4.78 is 12.7. The van der Waals surface area contributed by atoms with Gasteiger partial charge >= 0.3 is 6.09 Å². The summed E-state index contributed by atoms with van der Waals surface area (Å²) in [6.07, 6.45) is 2.45. The Hall–Kier alpha value is -2.84. The third-order valence-corrected chi connectivity index (χ3v) is 7.18. The van der Waals surface area contributed by atoms with Gasteiger partial charge in [-0.05, 0) is 45.4 Å². The van der Waals surface area contributed by atoms with E-state index >= 15 is 0 Å². The summed E-state index contributed by atoms with van der Waals surface area (Å²) in [5.74, 6) is 0.860. The summed E-state index contributed by atoms with van der Waals surface area (Å²) in [5, 5.41) is 9.63. The van der Waals surface area contributed by atoms with E-state index in [0.29, 0.717) is 19.7 Å². The lowest BCUT2D eigenvalue weighted by molar-refractivity contribution is 0.0292. The largest absolute Gasteiger partial charge is 0.490 e. The number of ether oxygens (including phenoxy) is 2. The Bertz CT molecular complexity index is 1190. The predicted octanol–water partition coefficient (Wildman–Crippen LogP) is 4.66. The van der Waals surface area contributed by atoms with E-state index in [4.69, 9.17) is 9.47 Å². The topological polar surface area (TPSA) is 75.1 Å². The number of thiophene rings is 1. The molecule has 0 aliphatic carbocycles. The van der Waals surface area contributed by atoms with Gasteiger partial charge in [-0.3, -0.25) is 4.98 Å². The van der Waals surface area contributed by atoms with Gasteiger partial charge in [0.25, 0.3) is 0 Å². The Kier molecular flexibility index (Phi) is 5.66. The third-order valence-electron chi connectivity index (χ3n) is 6.04. The van der Waals surface area contributed by atoms with E-state index in [9.17, 15) is 9.90 Å². The van der Waals surface area contributed by atoms with Gasteiger partial charge in [0, 0.05) is 41.3 Å². The Morgan fingerprint density at radius 3 is 2.91 bits per heavy atom. The van der Waals surface area contributed by atoms with Crippen LogP contribution in [0.15, 0.2) is 36.5 Å². The monoisotopic (exact) mass is 467 g/mol. The molecule has 0 saturated carbocycles. The molecular formula is C25H29N3O4S. The van der Waals surface area contributed by atoms with Crippen molar-refractivity contribution in [1.82, 2.24) is 9.88 Å². The van der Waals surface area contributed by atoms with Gasteiger partial charge in [0.1, 0.15) is 18.0 Å². The van der Waals surface area contributed by atoms with Gasteiger partial charge in [-0.25, -0.2) is 4.79 Å². The molecule has 0 bridgehead atoms. The Morgan fingerprint density at radius 1 is 1.27 bits per heavy atom. The molecule has 1 fully saturated rings. The molecule has 1 N–H and O–H groups in total. The zero-order valence-corrected chi connectivity index (χ0v) is 20.0. The molecule has 1 atom stereocenters. The van der Waals surface area contributed by atoms with E-state index in [-0.39, 0.29) is 18.7 Å². The molecule has 7 nitrogen and oxygen atoms in total. The van der Waals surface area contributed by atoms with E-state index in [1.165, 1.54) is 0 Å². The molecule has 1 saturated heterocycles. The molecule has 1 amide bonds. The van der Waals surface area contributed by atoms with Crippen LogP contribution in [0, 0.1) is 0 Å². The number of amides is 1. The average Bonchev–Trinajstić information content (AvgIpc) is 3.44. The van der Waals surface area contributed by atoms with E-state index < -0.39 is 5.60 Å². The van der Waals surface area contributed by atoms with Crippen molar-refractivity contribution in [2.75, 3.05) is 31.1 Å². The van der Waals surface area contributed by atoms with Gasteiger partial charge in [0.2, 0.25) is 0 Å². The summed E-state index contributed by atoms with van der Waals surface area (Å²) >= 11 is 1.57. The minimum absolute atomic E-state index is 0.00513. The van der Waals surface area contributed by atoms with Gasteiger partial charge < -0.3 is 24.4 Å². The Morgan fingerprint density at radius 2 is 2.12 bits per heavy atom. The smallest absolute Gasteiger partial charge is 0.410 e. The maximum Gasteiger partial charge on any atom is 0.410 e. The van der Waals surface area contributed by atoms with Crippen LogP contribution < -0.4 is 9.64 Å². The molecular weight excluding hydrogens is 438 g/mol. The standard InChI is InChI=1S/C25H29N3O4S/c1-25(2,3)32-24(30)27-10-8-16(14-27)28-11-12-31-21-6-4-5-18(22(21)28)19-7-9-26-20-13-17(15-29)33-23(19)20/h4-7,9,13,16,29H,8,10-12,14-15H2,1-3H3. The molecule has 4 heterocycles. The van der Waals surface area contributed by atoms with Gasteiger partial charge in [0.15, 0.2) is 0 Å². The second kappa shape index (κ2) is 8.50. The molecule has 2 aliphatic rings. The highest BCUT2D eigenvalue weighted by Gasteiger charge is 2.36. The van der Waals surface area contributed by atoms with Crippen molar-refractivity contribution in [2.24, 2.45) is 0 Å². The van der Waals surface area contributed by atoms with E-state index in [1.54, 1.807) is 11.3 Å². The van der Waals surface area contributed by atoms with Crippen LogP contribution in [0.4, 0.5) is 10.5 Å². The number of likely N-dealkylation sites (tertiary alicyclic amines) is 1. The van der Waals surface area contributed by atoms with Crippen molar-refractivity contribution in [3.05, 3.63) is 41.4 Å². The minimum atomic E-state index is -0.505. The number of anilines is 1. The fourth-order valence-corrected chi connectivity index (χ4v) is 5.65. The number of para-hydroxylation sites is 1. The normalized spacial score (nSPS) is 18.4. The lowest BCUT2D eigenvalue weighted by atomic mass is 10.0. The number of carbonyl (C=O) groups is 1. The quantitative estimate of drug-likeness (QED) is 0.604. The zero-order chi connectivity index (χ0) is 23.2. The lowest BCUT2D eigenvalue weighted by Crippen LogP contribution is -2.44. The van der Waals surface area contributed by atoms with Crippen molar-refractivity contribution >= 4 is 33.3 Å². The number of nitrogens with zero attached hydrogens (tertiary/aromatic N) is 3. The first-order chi connectivity index (χ1) is 15.8. The summed E-state index contributed by atoms with van der Waals surface area (Å²) in [5.41, 5.74) is 3.61. The molecule has 1 unspecified atom stereocenters. The third kappa shape index (κ3) is 4.25. The molecule has 5 rings (SSSR count). The minimum Gasteiger partial charge on any atom is -0.490 e. The second-order valence-electron chi connectivity index (χ2n) is 9.51. The van der Waals surface area contributed by atoms with E-state index in [1.807, 2.05) is 56.1 Å². The molecule has 2 aromatic heterocycles. The highest BCUT2D eigenvalue weighted by atomic mass is 32.1. The van der Waals surface area contributed by atoms with Crippen LogP contribution in [0.3, 0.4) is 0 Å². The predicted molar refractivity (Wildman–Crippen MR) is 130 cm³/mol. The van der Waals surface area contributed by atoms with Crippen molar-refractivity contribution in [3.8, 4) is 16.9 Å². The summed E-state index contributed by atoms with van der Waals surface area (Å²) in [6.45, 7) is 8.36. The second-order valence-corrected chi connectivity index (χ2v) is 10.6. The van der Waals surface area contributed by atoms with Crippen LogP contribution in [0.2, 0.25) is 0 Å². The van der Waals surface area contributed by atoms with Crippen LogP contribution in [0.1, 0.15) is 32.1 Å². The number of benzene rings is 1. The van der Waals surface area contributed by atoms with Crippen molar-refractivity contribution in [1.29, 1.82) is 0 Å². The molecule has 3 aromatic rings.